The van der Waals surface area contributed by atoms with E-state index in [0.717, 1.165) is 6.42 Å². The van der Waals surface area contributed by atoms with Crippen LogP contribution in [0.1, 0.15) is 16.8 Å². The molecule has 3 rings (SSSR count). The molecule has 1 atom stereocenters. The van der Waals surface area contributed by atoms with Crippen LogP contribution in [-0.4, -0.2) is 43.9 Å². The zero-order valence-corrected chi connectivity index (χ0v) is 10.7. The maximum atomic E-state index is 12.4. The number of ether oxygens (including phenoxy) is 3. The SMILES string of the molecule is CN(C(=O)c1cc2c(cc1N)OCO2)C1CCOC1. The van der Waals surface area contributed by atoms with Gasteiger partial charge in [-0.25, -0.2) is 0 Å². The Morgan fingerprint density at radius 1 is 1.37 bits per heavy atom. The summed E-state index contributed by atoms with van der Waals surface area (Å²) in [5.74, 6) is 1.03. The summed E-state index contributed by atoms with van der Waals surface area (Å²) in [6, 6.07) is 3.39. The Balaban J connectivity index is 1.86. The Bertz CT molecular complexity index is 512. The number of amides is 1. The smallest absolute Gasteiger partial charge is 0.256 e. The van der Waals surface area contributed by atoms with Crippen molar-refractivity contribution in [3.05, 3.63) is 17.7 Å². The fraction of sp³-hybridized carbons (Fsp3) is 0.462. The Labute approximate surface area is 111 Å². The van der Waals surface area contributed by atoms with Crippen molar-refractivity contribution in [1.82, 2.24) is 4.90 Å². The molecule has 2 N–H and O–H groups in total. The van der Waals surface area contributed by atoms with Gasteiger partial charge in [-0.3, -0.25) is 4.79 Å². The molecule has 6 heteroatoms. The predicted octanol–water partition coefficient (Wildman–Crippen LogP) is 0.858. The van der Waals surface area contributed by atoms with E-state index < -0.39 is 0 Å². The Hall–Kier alpha value is -1.95. The fourth-order valence-electron chi connectivity index (χ4n) is 2.33. The van der Waals surface area contributed by atoms with Crippen molar-refractivity contribution in [3.63, 3.8) is 0 Å². The highest BCUT2D eigenvalue weighted by molar-refractivity contribution is 6.00. The molecule has 1 fully saturated rings. The van der Waals surface area contributed by atoms with E-state index in [9.17, 15) is 4.79 Å². The van der Waals surface area contributed by atoms with Crippen LogP contribution in [0, 0.1) is 0 Å². The first-order valence-corrected chi connectivity index (χ1v) is 6.21. The molecule has 1 amide bonds. The number of nitrogens with two attached hydrogens (primary N) is 1. The van der Waals surface area contributed by atoms with Crippen molar-refractivity contribution in [1.29, 1.82) is 0 Å². The van der Waals surface area contributed by atoms with E-state index in [2.05, 4.69) is 0 Å². The highest BCUT2D eigenvalue weighted by atomic mass is 16.7. The van der Waals surface area contributed by atoms with E-state index >= 15 is 0 Å². The van der Waals surface area contributed by atoms with Crippen molar-refractivity contribution in [3.8, 4) is 11.5 Å². The molecular formula is C13H16N2O4. The summed E-state index contributed by atoms with van der Waals surface area (Å²) < 4.78 is 15.8. The van der Waals surface area contributed by atoms with Crippen LogP contribution in [0.5, 0.6) is 11.5 Å². The van der Waals surface area contributed by atoms with Crippen LogP contribution in [0.4, 0.5) is 5.69 Å². The summed E-state index contributed by atoms with van der Waals surface area (Å²) in [5, 5.41) is 0. The third kappa shape index (κ3) is 2.08. The van der Waals surface area contributed by atoms with Crippen LogP contribution in [-0.2, 0) is 4.74 Å². The van der Waals surface area contributed by atoms with Gasteiger partial charge in [-0.1, -0.05) is 0 Å². The van der Waals surface area contributed by atoms with Crippen molar-refractivity contribution in [2.75, 3.05) is 32.8 Å². The average Bonchev–Trinajstić information content (AvgIpc) is 3.06. The second-order valence-corrected chi connectivity index (χ2v) is 4.73. The van der Waals surface area contributed by atoms with Gasteiger partial charge in [0.1, 0.15) is 0 Å². The van der Waals surface area contributed by atoms with E-state index in [4.69, 9.17) is 19.9 Å². The topological polar surface area (TPSA) is 74.0 Å². The number of anilines is 1. The summed E-state index contributed by atoms with van der Waals surface area (Å²) in [6.45, 7) is 1.43. The van der Waals surface area contributed by atoms with E-state index in [1.807, 2.05) is 0 Å². The normalized spacial score (nSPS) is 20.6. The highest BCUT2D eigenvalue weighted by Crippen LogP contribution is 2.36. The van der Waals surface area contributed by atoms with Crippen LogP contribution >= 0.6 is 0 Å². The average molecular weight is 264 g/mol. The monoisotopic (exact) mass is 264 g/mol. The van der Waals surface area contributed by atoms with E-state index in [-0.39, 0.29) is 18.7 Å². The quantitative estimate of drug-likeness (QED) is 0.802. The fourth-order valence-corrected chi connectivity index (χ4v) is 2.33. The number of nitrogen functional groups attached to an aromatic ring is 1. The molecule has 1 aromatic carbocycles. The largest absolute Gasteiger partial charge is 0.454 e. The van der Waals surface area contributed by atoms with Crippen molar-refractivity contribution in [2.45, 2.75) is 12.5 Å². The molecule has 2 heterocycles. The van der Waals surface area contributed by atoms with Gasteiger partial charge in [0.15, 0.2) is 11.5 Å². The number of carbonyl (C=O) groups is 1. The summed E-state index contributed by atoms with van der Waals surface area (Å²) in [4.78, 5) is 14.1. The third-order valence-electron chi connectivity index (χ3n) is 3.55. The Morgan fingerprint density at radius 3 is 2.79 bits per heavy atom. The van der Waals surface area contributed by atoms with Crippen LogP contribution in [0.15, 0.2) is 12.1 Å². The summed E-state index contributed by atoms with van der Waals surface area (Å²) in [6.07, 6.45) is 0.854. The first-order valence-electron chi connectivity index (χ1n) is 6.21. The molecule has 0 saturated carbocycles. The summed E-state index contributed by atoms with van der Waals surface area (Å²) >= 11 is 0. The molecule has 19 heavy (non-hydrogen) atoms. The van der Waals surface area contributed by atoms with Crippen molar-refractivity contribution < 1.29 is 19.0 Å². The zero-order valence-electron chi connectivity index (χ0n) is 10.7. The summed E-state index contributed by atoms with van der Waals surface area (Å²) in [5.41, 5.74) is 6.76. The molecule has 0 radical (unpaired) electrons. The molecule has 1 aromatic rings. The number of hydrogen-bond donors (Lipinski definition) is 1. The lowest BCUT2D eigenvalue weighted by Crippen LogP contribution is -2.37. The lowest BCUT2D eigenvalue weighted by molar-refractivity contribution is 0.0712. The molecule has 2 aliphatic heterocycles. The third-order valence-corrected chi connectivity index (χ3v) is 3.55. The van der Waals surface area contributed by atoms with Gasteiger partial charge in [0.25, 0.3) is 5.91 Å². The number of likely N-dealkylation sites (N-methyl/N-ethyl adjacent to an activating group) is 1. The molecule has 0 spiro atoms. The second kappa shape index (κ2) is 4.62. The van der Waals surface area contributed by atoms with Crippen LogP contribution in [0.2, 0.25) is 0 Å². The zero-order chi connectivity index (χ0) is 13.4. The van der Waals surface area contributed by atoms with Gasteiger partial charge in [0, 0.05) is 25.4 Å². The first kappa shape index (κ1) is 12.1. The van der Waals surface area contributed by atoms with Gasteiger partial charge < -0.3 is 24.8 Å². The van der Waals surface area contributed by atoms with E-state index in [1.165, 1.54) is 0 Å². The molecule has 102 valence electrons. The van der Waals surface area contributed by atoms with Gasteiger partial charge in [0.05, 0.1) is 18.2 Å². The molecule has 0 bridgehead atoms. The predicted molar refractivity (Wildman–Crippen MR) is 68.3 cm³/mol. The lowest BCUT2D eigenvalue weighted by atomic mass is 10.1. The number of carbonyl (C=O) groups excluding carboxylic acids is 1. The van der Waals surface area contributed by atoms with Crippen LogP contribution < -0.4 is 15.2 Å². The molecular weight excluding hydrogens is 248 g/mol. The van der Waals surface area contributed by atoms with Gasteiger partial charge >= 0.3 is 0 Å². The minimum Gasteiger partial charge on any atom is -0.454 e. The highest BCUT2D eigenvalue weighted by Gasteiger charge is 2.27. The molecule has 6 nitrogen and oxygen atoms in total. The Kier molecular flexibility index (Phi) is 2.94. The number of fused-ring (bicyclic) bond motifs is 1. The minimum absolute atomic E-state index is 0.109. The Morgan fingerprint density at radius 2 is 2.11 bits per heavy atom. The maximum Gasteiger partial charge on any atom is 0.256 e. The standard InChI is InChI=1S/C13H16N2O4/c1-15(8-2-3-17-6-8)13(16)9-4-11-12(5-10(9)14)19-7-18-11/h4-5,8H,2-3,6-7,14H2,1H3. The summed E-state index contributed by atoms with van der Waals surface area (Å²) in [7, 11) is 1.77. The first-order chi connectivity index (χ1) is 9.16. The molecule has 1 unspecified atom stereocenters. The molecule has 0 aromatic heterocycles. The van der Waals surface area contributed by atoms with E-state index in [1.54, 1.807) is 24.1 Å². The van der Waals surface area contributed by atoms with Crippen LogP contribution in [0.25, 0.3) is 0 Å². The molecule has 1 saturated heterocycles. The van der Waals surface area contributed by atoms with Gasteiger partial charge in [-0.2, -0.15) is 0 Å². The number of hydrogen-bond acceptors (Lipinski definition) is 5. The maximum absolute atomic E-state index is 12.4. The lowest BCUT2D eigenvalue weighted by Gasteiger charge is -2.23. The van der Waals surface area contributed by atoms with Gasteiger partial charge in [0.2, 0.25) is 6.79 Å². The van der Waals surface area contributed by atoms with Gasteiger partial charge in [-0.05, 0) is 12.5 Å². The number of nitrogens with zero attached hydrogens (tertiary/aromatic N) is 1. The van der Waals surface area contributed by atoms with Crippen molar-refractivity contribution >= 4 is 11.6 Å². The van der Waals surface area contributed by atoms with Gasteiger partial charge in [-0.15, -0.1) is 0 Å². The van der Waals surface area contributed by atoms with E-state index in [0.29, 0.717) is 36.0 Å². The second-order valence-electron chi connectivity index (χ2n) is 4.73. The number of rotatable bonds is 2. The molecule has 2 aliphatic rings. The number of benzene rings is 1. The minimum atomic E-state index is -0.119. The molecule has 0 aliphatic carbocycles. The van der Waals surface area contributed by atoms with Crippen molar-refractivity contribution in [2.24, 2.45) is 0 Å². The van der Waals surface area contributed by atoms with Crippen LogP contribution in [0.3, 0.4) is 0 Å².